The zero-order chi connectivity index (χ0) is 19.0. The van der Waals surface area contributed by atoms with E-state index in [1.54, 1.807) is 35.0 Å². The number of para-hydroxylation sites is 1. The topological polar surface area (TPSA) is 106 Å². The number of amides is 2. The Morgan fingerprint density at radius 3 is 2.67 bits per heavy atom. The first-order chi connectivity index (χ1) is 13.0. The first-order valence-corrected chi connectivity index (χ1v) is 8.68. The average Bonchev–Trinajstić information content (AvgIpc) is 3.10. The summed E-state index contributed by atoms with van der Waals surface area (Å²) < 4.78 is 1.72. The quantitative estimate of drug-likeness (QED) is 0.738. The summed E-state index contributed by atoms with van der Waals surface area (Å²) >= 11 is 0. The number of nitrogens with zero attached hydrogens (tertiary/aromatic N) is 6. The minimum Gasteiger partial charge on any atom is -0.344 e. The number of benzene rings is 1. The number of nitrogens with one attached hydrogen (secondary N) is 1. The van der Waals surface area contributed by atoms with Gasteiger partial charge in [-0.05, 0) is 24.6 Å². The van der Waals surface area contributed by atoms with Crippen LogP contribution in [0, 0.1) is 0 Å². The molecule has 1 fully saturated rings. The molecule has 3 heterocycles. The van der Waals surface area contributed by atoms with Crippen molar-refractivity contribution in [2.75, 3.05) is 7.05 Å². The second-order valence-corrected chi connectivity index (χ2v) is 6.57. The predicted molar refractivity (Wildman–Crippen MR) is 96.5 cm³/mol. The van der Waals surface area contributed by atoms with Crippen LogP contribution in [0.25, 0.3) is 11.0 Å². The Bertz CT molecular complexity index is 1020. The summed E-state index contributed by atoms with van der Waals surface area (Å²) in [6.07, 6.45) is 2.58. The second kappa shape index (κ2) is 6.75. The summed E-state index contributed by atoms with van der Waals surface area (Å²) in [5.74, 6) is -0.361. The number of likely N-dealkylation sites (tertiary alicyclic amines) is 1. The van der Waals surface area contributed by atoms with Gasteiger partial charge in [0, 0.05) is 26.7 Å². The molecule has 0 spiro atoms. The number of carbonyl (C=O) groups is 2. The molecular formula is C18H19N7O2. The highest BCUT2D eigenvalue weighted by Gasteiger charge is 2.37. The molecule has 2 amide bonds. The van der Waals surface area contributed by atoms with E-state index in [0.29, 0.717) is 23.9 Å². The number of piperidine rings is 1. The van der Waals surface area contributed by atoms with Crippen LogP contribution >= 0.6 is 0 Å². The molecule has 1 N–H and O–H groups in total. The normalized spacial score (nSPS) is 20.1. The lowest BCUT2D eigenvalue weighted by molar-refractivity contribution is -0.136. The van der Waals surface area contributed by atoms with E-state index in [1.165, 1.54) is 0 Å². The monoisotopic (exact) mass is 365 g/mol. The largest absolute Gasteiger partial charge is 0.344 e. The van der Waals surface area contributed by atoms with Crippen molar-refractivity contribution in [1.82, 2.24) is 35.2 Å². The van der Waals surface area contributed by atoms with Crippen LogP contribution < -0.4 is 5.32 Å². The van der Waals surface area contributed by atoms with Gasteiger partial charge < -0.3 is 10.2 Å². The van der Waals surface area contributed by atoms with Crippen molar-refractivity contribution in [3.8, 4) is 0 Å². The predicted octanol–water partition coefficient (Wildman–Crippen LogP) is 0.850. The van der Waals surface area contributed by atoms with Gasteiger partial charge in [0.25, 0.3) is 5.91 Å². The summed E-state index contributed by atoms with van der Waals surface area (Å²) in [7, 11) is 3.56. The van der Waals surface area contributed by atoms with Gasteiger partial charge in [-0.3, -0.25) is 14.3 Å². The third-order valence-corrected chi connectivity index (χ3v) is 4.90. The number of likely N-dealkylation sites (N-methyl/N-ethyl adjacent to an activating group) is 1. The number of carbonyl (C=O) groups excluding carboxylic acids is 2. The lowest BCUT2D eigenvalue weighted by Crippen LogP contribution is -2.51. The molecule has 1 aliphatic heterocycles. The van der Waals surface area contributed by atoms with Crippen LogP contribution in [-0.4, -0.2) is 54.8 Å². The zero-order valence-corrected chi connectivity index (χ0v) is 15.0. The average molecular weight is 365 g/mol. The van der Waals surface area contributed by atoms with Gasteiger partial charge in [-0.15, -0.1) is 10.2 Å². The molecule has 1 aliphatic rings. The fourth-order valence-corrected chi connectivity index (χ4v) is 3.48. The van der Waals surface area contributed by atoms with Gasteiger partial charge in [0.2, 0.25) is 11.7 Å². The van der Waals surface area contributed by atoms with Crippen LogP contribution in [-0.2, 0) is 11.8 Å². The van der Waals surface area contributed by atoms with Crippen molar-refractivity contribution in [2.45, 2.75) is 24.9 Å². The molecule has 4 rings (SSSR count). The third kappa shape index (κ3) is 3.12. The van der Waals surface area contributed by atoms with E-state index in [9.17, 15) is 9.59 Å². The summed E-state index contributed by atoms with van der Waals surface area (Å²) in [6.45, 7) is 0. The second-order valence-electron chi connectivity index (χ2n) is 6.57. The van der Waals surface area contributed by atoms with Gasteiger partial charge >= 0.3 is 0 Å². The van der Waals surface area contributed by atoms with E-state index in [2.05, 4.69) is 25.6 Å². The fourth-order valence-electron chi connectivity index (χ4n) is 3.48. The number of rotatable bonds is 3. The first kappa shape index (κ1) is 17.1. The standard InChI is InChI=1S/C18H19N7O2/c1-24-15(26)8-7-13(16(24)14-9-10-19-25(14)2)21-18(27)17-20-11-5-3-4-6-12(11)22-23-17/h3-6,9-10,13,16H,7-8H2,1-2H3,(H,21,27)/t13-,16-/m1/s1. The van der Waals surface area contributed by atoms with Gasteiger partial charge in [-0.1, -0.05) is 12.1 Å². The molecule has 1 aromatic carbocycles. The Balaban J connectivity index is 1.61. The molecule has 1 saturated heterocycles. The Kier molecular flexibility index (Phi) is 4.27. The van der Waals surface area contributed by atoms with E-state index in [-0.39, 0.29) is 23.8 Å². The van der Waals surface area contributed by atoms with E-state index in [4.69, 9.17) is 0 Å². The highest BCUT2D eigenvalue weighted by Crippen LogP contribution is 2.30. The van der Waals surface area contributed by atoms with Crippen molar-refractivity contribution in [3.63, 3.8) is 0 Å². The van der Waals surface area contributed by atoms with Crippen LogP contribution in [0.2, 0.25) is 0 Å². The number of hydrogen-bond donors (Lipinski definition) is 1. The van der Waals surface area contributed by atoms with Gasteiger partial charge in [0.05, 0.1) is 23.3 Å². The molecule has 2 aromatic heterocycles. The molecule has 27 heavy (non-hydrogen) atoms. The summed E-state index contributed by atoms with van der Waals surface area (Å²) in [6, 6.07) is 8.52. The van der Waals surface area contributed by atoms with Crippen molar-refractivity contribution in [3.05, 3.63) is 48.0 Å². The fraction of sp³-hybridized carbons (Fsp3) is 0.333. The van der Waals surface area contributed by atoms with Crippen LogP contribution in [0.1, 0.15) is 35.2 Å². The summed E-state index contributed by atoms with van der Waals surface area (Å²) in [4.78, 5) is 30.9. The maximum Gasteiger partial charge on any atom is 0.291 e. The minimum atomic E-state index is -0.409. The summed E-state index contributed by atoms with van der Waals surface area (Å²) in [5.41, 5.74) is 2.09. The molecule has 0 unspecified atom stereocenters. The Labute approximate surface area is 155 Å². The van der Waals surface area contributed by atoms with Gasteiger partial charge in [-0.25, -0.2) is 4.98 Å². The van der Waals surface area contributed by atoms with Crippen molar-refractivity contribution >= 4 is 22.8 Å². The number of hydrogen-bond acceptors (Lipinski definition) is 6. The lowest BCUT2D eigenvalue weighted by atomic mass is 9.93. The van der Waals surface area contributed by atoms with Crippen molar-refractivity contribution in [1.29, 1.82) is 0 Å². The van der Waals surface area contributed by atoms with E-state index in [0.717, 1.165) is 5.69 Å². The van der Waals surface area contributed by atoms with Crippen molar-refractivity contribution < 1.29 is 9.59 Å². The first-order valence-electron chi connectivity index (χ1n) is 8.68. The molecule has 3 aromatic rings. The SMILES string of the molecule is CN1C(=O)CC[C@@H](NC(=O)c2nnc3ccccc3n2)[C@@H]1c1ccnn1C. The van der Waals surface area contributed by atoms with Gasteiger partial charge in [0.15, 0.2) is 0 Å². The highest BCUT2D eigenvalue weighted by molar-refractivity contribution is 5.92. The maximum atomic E-state index is 12.7. The van der Waals surface area contributed by atoms with E-state index < -0.39 is 5.91 Å². The maximum absolute atomic E-state index is 12.7. The number of aryl methyl sites for hydroxylation is 1. The van der Waals surface area contributed by atoms with Gasteiger partial charge in [-0.2, -0.15) is 5.10 Å². The minimum absolute atomic E-state index is 0.0111. The lowest BCUT2D eigenvalue weighted by Gasteiger charge is -2.39. The smallest absolute Gasteiger partial charge is 0.291 e. The molecule has 0 saturated carbocycles. The number of fused-ring (bicyclic) bond motifs is 1. The number of aromatic nitrogens is 5. The van der Waals surface area contributed by atoms with E-state index in [1.807, 2.05) is 25.2 Å². The molecule has 9 heteroatoms. The molecule has 2 atom stereocenters. The molecule has 138 valence electrons. The molecule has 9 nitrogen and oxygen atoms in total. The molecule has 0 radical (unpaired) electrons. The molecule has 0 aliphatic carbocycles. The molecular weight excluding hydrogens is 346 g/mol. The van der Waals surface area contributed by atoms with Crippen LogP contribution in [0.5, 0.6) is 0 Å². The Morgan fingerprint density at radius 2 is 1.93 bits per heavy atom. The highest BCUT2D eigenvalue weighted by atomic mass is 16.2. The van der Waals surface area contributed by atoms with Gasteiger partial charge in [0.1, 0.15) is 5.52 Å². The van der Waals surface area contributed by atoms with Crippen LogP contribution in [0.15, 0.2) is 36.5 Å². The summed E-state index contributed by atoms with van der Waals surface area (Å²) in [5, 5.41) is 15.2. The van der Waals surface area contributed by atoms with Crippen LogP contribution in [0.4, 0.5) is 0 Å². The molecule has 0 bridgehead atoms. The van der Waals surface area contributed by atoms with E-state index >= 15 is 0 Å². The van der Waals surface area contributed by atoms with Crippen LogP contribution in [0.3, 0.4) is 0 Å². The Hall–Kier alpha value is -3.36. The third-order valence-electron chi connectivity index (χ3n) is 4.90. The van der Waals surface area contributed by atoms with Crippen molar-refractivity contribution in [2.24, 2.45) is 7.05 Å². The zero-order valence-electron chi connectivity index (χ0n) is 15.0. The Morgan fingerprint density at radius 1 is 1.15 bits per heavy atom.